The van der Waals surface area contributed by atoms with Gasteiger partial charge in [0.05, 0.1) is 18.3 Å². The maximum absolute atomic E-state index is 12.9. The Morgan fingerprint density at radius 3 is 2.32 bits per heavy atom. The summed E-state index contributed by atoms with van der Waals surface area (Å²) in [5.41, 5.74) is 2.38. The van der Waals surface area contributed by atoms with E-state index in [2.05, 4.69) is 19.9 Å². The Balaban J connectivity index is 1.72. The average molecular weight is 708 g/mol. The van der Waals surface area contributed by atoms with Gasteiger partial charge in [-0.1, -0.05) is 56.4 Å². The quantitative estimate of drug-likeness (QED) is 0.0638. The molecule has 0 aromatic heterocycles. The predicted molar refractivity (Wildman–Crippen MR) is 191 cm³/mol. The van der Waals surface area contributed by atoms with E-state index in [0.29, 0.717) is 50.0 Å². The Hall–Kier alpha value is -2.44. The fourth-order valence-corrected chi connectivity index (χ4v) is 7.43. The average Bonchev–Trinajstić information content (AvgIpc) is 3.08. The standard InChI is InChI=1S/C39H65NO10/c1-26(21-27(2)16-18-31(41)25-32(42)19-17-28(3)22-30-12-10-14-34(24-30)50-6)11-9-13-33(49-5)23-29(4)39(47,48)36(43)37(44)40-20-8-7-15-35(40)38(45)46/h16,22,26,29-30,32-35,42,47-48H,7-15,17-21,23-25H2,1-6H3,(H,45,46)/b27-16+,28-22+/t26-,29-,30+,32-,33-,34+,35+/m1/s1. The topological polar surface area (TPSA) is 171 Å². The molecule has 1 saturated heterocycles. The number of aliphatic carboxylic acids is 1. The van der Waals surface area contributed by atoms with Crippen molar-refractivity contribution in [3.05, 3.63) is 23.3 Å². The highest BCUT2D eigenvalue weighted by molar-refractivity contribution is 6.39. The van der Waals surface area contributed by atoms with Gasteiger partial charge in [-0.2, -0.15) is 0 Å². The Morgan fingerprint density at radius 2 is 1.66 bits per heavy atom. The van der Waals surface area contributed by atoms with Crippen molar-refractivity contribution in [3.8, 4) is 0 Å². The molecule has 1 aliphatic carbocycles. The van der Waals surface area contributed by atoms with Gasteiger partial charge in [0, 0.05) is 39.5 Å². The molecular formula is C39H65NO10. The molecule has 1 saturated carbocycles. The van der Waals surface area contributed by atoms with E-state index in [0.717, 1.165) is 49.0 Å². The predicted octanol–water partition coefficient (Wildman–Crippen LogP) is 5.53. The number of hydrogen-bond donors (Lipinski definition) is 4. The Bertz CT molecular complexity index is 1160. The number of methoxy groups -OCH3 is 2. The fraction of sp³-hybridized carbons (Fsp3) is 0.795. The zero-order chi connectivity index (χ0) is 37.4. The van der Waals surface area contributed by atoms with Crippen LogP contribution in [0.1, 0.15) is 130 Å². The number of nitrogens with zero attached hydrogens (tertiary/aromatic N) is 1. The van der Waals surface area contributed by atoms with Crippen LogP contribution < -0.4 is 0 Å². The normalized spacial score (nSPS) is 23.2. The van der Waals surface area contributed by atoms with Crippen molar-refractivity contribution >= 4 is 23.4 Å². The number of piperidine rings is 1. The van der Waals surface area contributed by atoms with Crippen molar-refractivity contribution in [2.45, 2.75) is 161 Å². The molecule has 0 aromatic carbocycles. The summed E-state index contributed by atoms with van der Waals surface area (Å²) in [7, 11) is 3.29. The molecular weight excluding hydrogens is 642 g/mol. The first-order chi connectivity index (χ1) is 23.6. The number of aliphatic hydroxyl groups excluding tert-OH is 1. The SMILES string of the molecule is CO[C@H](CCC[C@@H](C)C/C(C)=C/CC(=O)C[C@H](O)CC/C(C)=C/[C@@H]1CCC[C@H](OC)C1)C[C@@H](C)C(O)(O)C(=O)C(=O)N1CCCC[C@H]1C(=O)O. The number of carboxylic acid groups (broad SMARTS) is 1. The molecule has 1 amide bonds. The Morgan fingerprint density at radius 1 is 0.940 bits per heavy atom. The smallest absolute Gasteiger partial charge is 0.326 e. The number of likely N-dealkylation sites (tertiary alicyclic amines) is 1. The lowest BCUT2D eigenvalue weighted by atomic mass is 9.85. The maximum Gasteiger partial charge on any atom is 0.326 e. The molecule has 2 aliphatic rings. The maximum atomic E-state index is 12.9. The summed E-state index contributed by atoms with van der Waals surface area (Å²) in [5.74, 6) is -6.91. The summed E-state index contributed by atoms with van der Waals surface area (Å²) < 4.78 is 11.1. The van der Waals surface area contributed by atoms with Gasteiger partial charge in [0.1, 0.15) is 11.8 Å². The zero-order valence-corrected chi connectivity index (χ0v) is 31.4. The van der Waals surface area contributed by atoms with Crippen molar-refractivity contribution in [1.29, 1.82) is 0 Å². The van der Waals surface area contributed by atoms with E-state index in [1.54, 1.807) is 7.11 Å². The third-order valence-corrected chi connectivity index (χ3v) is 10.6. The summed E-state index contributed by atoms with van der Waals surface area (Å²) in [4.78, 5) is 50.8. The summed E-state index contributed by atoms with van der Waals surface area (Å²) in [6, 6.07) is -1.16. The lowest BCUT2D eigenvalue weighted by molar-refractivity contribution is -0.208. The highest BCUT2D eigenvalue weighted by Crippen LogP contribution is 2.29. The zero-order valence-electron chi connectivity index (χ0n) is 31.4. The molecule has 0 unspecified atom stereocenters. The van der Waals surface area contributed by atoms with Crippen molar-refractivity contribution in [3.63, 3.8) is 0 Å². The van der Waals surface area contributed by atoms with Gasteiger partial charge in [-0.3, -0.25) is 14.4 Å². The van der Waals surface area contributed by atoms with Crippen LogP contribution in [0.4, 0.5) is 0 Å². The molecule has 1 heterocycles. The number of rotatable bonds is 22. The molecule has 11 nitrogen and oxygen atoms in total. The summed E-state index contributed by atoms with van der Waals surface area (Å²) >= 11 is 0. The van der Waals surface area contributed by atoms with Gasteiger partial charge in [-0.05, 0) is 96.3 Å². The van der Waals surface area contributed by atoms with Crippen molar-refractivity contribution < 1.29 is 49.1 Å². The molecule has 0 bridgehead atoms. The molecule has 2 fully saturated rings. The van der Waals surface area contributed by atoms with E-state index in [1.807, 2.05) is 13.0 Å². The van der Waals surface area contributed by atoms with Crippen LogP contribution in [0.3, 0.4) is 0 Å². The number of aliphatic hydroxyl groups is 3. The minimum atomic E-state index is -2.95. The number of hydrogen-bond acceptors (Lipinski definition) is 9. The van der Waals surface area contributed by atoms with E-state index in [4.69, 9.17) is 9.47 Å². The Kier molecular flexibility index (Phi) is 19.1. The minimum absolute atomic E-state index is 0.0278. The fourth-order valence-electron chi connectivity index (χ4n) is 7.43. The van der Waals surface area contributed by atoms with Gasteiger partial charge in [0.25, 0.3) is 11.7 Å². The second kappa shape index (κ2) is 21.8. The van der Waals surface area contributed by atoms with Crippen molar-refractivity contribution in [1.82, 2.24) is 4.90 Å². The highest BCUT2D eigenvalue weighted by atomic mass is 16.5. The lowest BCUT2D eigenvalue weighted by Gasteiger charge is -2.35. The van der Waals surface area contributed by atoms with Crippen molar-refractivity contribution in [2.24, 2.45) is 17.8 Å². The van der Waals surface area contributed by atoms with Crippen LogP contribution in [0.15, 0.2) is 23.3 Å². The molecule has 0 spiro atoms. The second-order valence-corrected chi connectivity index (χ2v) is 15.1. The third kappa shape index (κ3) is 14.7. The molecule has 0 radical (unpaired) electrons. The molecule has 50 heavy (non-hydrogen) atoms. The first kappa shape index (κ1) is 43.7. The van der Waals surface area contributed by atoms with Crippen LogP contribution in [0.25, 0.3) is 0 Å². The molecule has 286 valence electrons. The van der Waals surface area contributed by atoms with Crippen LogP contribution in [0.5, 0.6) is 0 Å². The molecule has 4 N–H and O–H groups in total. The van der Waals surface area contributed by atoms with Crippen LogP contribution in [-0.2, 0) is 28.7 Å². The third-order valence-electron chi connectivity index (χ3n) is 10.6. The number of carbonyl (C=O) groups is 4. The lowest BCUT2D eigenvalue weighted by Crippen LogP contribution is -2.57. The van der Waals surface area contributed by atoms with E-state index in [-0.39, 0.29) is 37.7 Å². The van der Waals surface area contributed by atoms with Gasteiger partial charge in [-0.25, -0.2) is 4.79 Å². The van der Waals surface area contributed by atoms with Crippen molar-refractivity contribution in [2.75, 3.05) is 20.8 Å². The van der Waals surface area contributed by atoms with E-state index in [9.17, 15) is 39.6 Å². The monoisotopic (exact) mass is 707 g/mol. The number of amides is 1. The van der Waals surface area contributed by atoms with Gasteiger partial charge in [0.2, 0.25) is 5.79 Å². The number of allylic oxidation sites excluding steroid dienone is 4. The minimum Gasteiger partial charge on any atom is -0.480 e. The number of ketones is 2. The number of ether oxygens (including phenoxy) is 2. The molecule has 0 aromatic rings. The van der Waals surface area contributed by atoms with Crippen LogP contribution in [0.2, 0.25) is 0 Å². The number of carbonyl (C=O) groups excluding carboxylic acids is 3. The number of Topliss-reactive ketones (excluding diaryl/α,β-unsaturated/α-hetero) is 2. The van der Waals surface area contributed by atoms with E-state index < -0.39 is 41.5 Å². The summed E-state index contributed by atoms with van der Waals surface area (Å²) in [5, 5.41) is 41.3. The molecule has 1 aliphatic heterocycles. The van der Waals surface area contributed by atoms with Gasteiger partial charge < -0.3 is 34.8 Å². The largest absolute Gasteiger partial charge is 0.480 e. The molecule has 11 heteroatoms. The van der Waals surface area contributed by atoms with Crippen LogP contribution in [-0.4, -0.2) is 99.7 Å². The first-order valence-electron chi connectivity index (χ1n) is 18.7. The van der Waals surface area contributed by atoms with Crippen LogP contribution in [0, 0.1) is 17.8 Å². The van der Waals surface area contributed by atoms with Crippen LogP contribution >= 0.6 is 0 Å². The first-order valence-corrected chi connectivity index (χ1v) is 18.7. The van der Waals surface area contributed by atoms with Gasteiger partial charge in [-0.15, -0.1) is 0 Å². The Labute approximate surface area is 299 Å². The highest BCUT2D eigenvalue weighted by Gasteiger charge is 2.47. The molecule has 7 atom stereocenters. The van der Waals surface area contributed by atoms with Gasteiger partial charge in [0.15, 0.2) is 0 Å². The second-order valence-electron chi connectivity index (χ2n) is 15.1. The van der Waals surface area contributed by atoms with E-state index in [1.165, 1.54) is 32.4 Å². The van der Waals surface area contributed by atoms with Gasteiger partial charge >= 0.3 is 5.97 Å². The summed E-state index contributed by atoms with van der Waals surface area (Å²) in [6.07, 6.45) is 14.5. The van der Waals surface area contributed by atoms with E-state index >= 15 is 0 Å². The summed E-state index contributed by atoms with van der Waals surface area (Å²) in [6.45, 7) is 7.79. The number of carboxylic acids is 1. The molecule has 2 rings (SSSR count).